The molecular weight excluding hydrogens is 246 g/mol. The average molecular weight is 261 g/mol. The number of halogens is 4. The first-order valence-electron chi connectivity index (χ1n) is 6.00. The van der Waals surface area contributed by atoms with Gasteiger partial charge in [-0.15, -0.1) is 0 Å². The zero-order valence-electron chi connectivity index (χ0n) is 10.0. The molecule has 0 aliphatic carbocycles. The molecule has 2 rings (SSSR count). The highest BCUT2D eigenvalue weighted by atomic mass is 19.4. The van der Waals surface area contributed by atoms with Gasteiger partial charge in [-0.25, -0.2) is 4.39 Å². The third-order valence-electron chi connectivity index (χ3n) is 3.32. The van der Waals surface area contributed by atoms with Crippen LogP contribution in [0.5, 0.6) is 0 Å². The largest absolute Gasteiger partial charge is 0.419 e. The summed E-state index contributed by atoms with van der Waals surface area (Å²) in [5.41, 5.74) is -0.609. The minimum Gasteiger partial charge on any atom is -0.307 e. The van der Waals surface area contributed by atoms with Crippen LogP contribution in [0.4, 0.5) is 17.6 Å². The van der Waals surface area contributed by atoms with Crippen molar-refractivity contribution in [3.05, 3.63) is 35.1 Å². The third-order valence-corrected chi connectivity index (χ3v) is 3.32. The Morgan fingerprint density at radius 2 is 1.94 bits per heavy atom. The highest BCUT2D eigenvalue weighted by molar-refractivity contribution is 5.28. The Bertz CT molecular complexity index is 427. The van der Waals surface area contributed by atoms with E-state index in [0.29, 0.717) is 11.6 Å². The van der Waals surface area contributed by atoms with Crippen molar-refractivity contribution in [2.24, 2.45) is 0 Å². The van der Waals surface area contributed by atoms with Gasteiger partial charge in [0.05, 0.1) is 5.56 Å². The van der Waals surface area contributed by atoms with Crippen LogP contribution in [0.25, 0.3) is 0 Å². The van der Waals surface area contributed by atoms with Crippen LogP contribution < -0.4 is 5.32 Å². The second kappa shape index (κ2) is 4.88. The Kier molecular flexibility index (Phi) is 3.61. The molecule has 1 nitrogen and oxygen atoms in total. The van der Waals surface area contributed by atoms with E-state index >= 15 is 0 Å². The lowest BCUT2D eigenvalue weighted by Gasteiger charge is -2.29. The van der Waals surface area contributed by atoms with Gasteiger partial charge in [0, 0.05) is 12.1 Å². The molecule has 18 heavy (non-hydrogen) atoms. The molecule has 0 bridgehead atoms. The summed E-state index contributed by atoms with van der Waals surface area (Å²) in [6, 6.07) is 3.45. The molecular formula is C13H15F4N. The Labute approximate surface area is 103 Å². The van der Waals surface area contributed by atoms with E-state index in [4.69, 9.17) is 0 Å². The number of hydrogen-bond donors (Lipinski definition) is 1. The van der Waals surface area contributed by atoms with Gasteiger partial charge in [0.15, 0.2) is 0 Å². The van der Waals surface area contributed by atoms with Crippen molar-refractivity contribution in [1.29, 1.82) is 0 Å². The van der Waals surface area contributed by atoms with Crippen molar-refractivity contribution in [2.45, 2.75) is 44.4 Å². The van der Waals surface area contributed by atoms with Crippen molar-refractivity contribution in [2.75, 3.05) is 0 Å². The summed E-state index contributed by atoms with van der Waals surface area (Å²) < 4.78 is 50.7. The molecule has 5 heteroatoms. The van der Waals surface area contributed by atoms with Crippen molar-refractivity contribution in [1.82, 2.24) is 5.32 Å². The summed E-state index contributed by atoms with van der Waals surface area (Å²) in [7, 11) is 0. The first-order valence-corrected chi connectivity index (χ1v) is 6.00. The molecule has 1 fully saturated rings. The molecule has 2 atom stereocenters. The molecule has 0 spiro atoms. The number of hydrogen-bond acceptors (Lipinski definition) is 1. The second-order valence-corrected chi connectivity index (χ2v) is 4.79. The summed E-state index contributed by atoms with van der Waals surface area (Å²) in [6.45, 7) is 2.02. The topological polar surface area (TPSA) is 12.0 Å². The average Bonchev–Trinajstić information content (AvgIpc) is 2.27. The van der Waals surface area contributed by atoms with E-state index < -0.39 is 17.6 Å². The van der Waals surface area contributed by atoms with Crippen LogP contribution in [-0.4, -0.2) is 6.04 Å². The second-order valence-electron chi connectivity index (χ2n) is 4.79. The molecule has 0 amide bonds. The maximum absolute atomic E-state index is 13.5. The quantitative estimate of drug-likeness (QED) is 0.752. The van der Waals surface area contributed by atoms with Crippen molar-refractivity contribution < 1.29 is 17.6 Å². The molecule has 0 aromatic heterocycles. The fourth-order valence-electron chi connectivity index (χ4n) is 2.38. The highest BCUT2D eigenvalue weighted by Gasteiger charge is 2.34. The van der Waals surface area contributed by atoms with E-state index in [1.165, 1.54) is 6.07 Å². The maximum Gasteiger partial charge on any atom is 0.419 e. The third kappa shape index (κ3) is 2.83. The van der Waals surface area contributed by atoms with Crippen molar-refractivity contribution >= 4 is 0 Å². The fourth-order valence-corrected chi connectivity index (χ4v) is 2.38. The van der Waals surface area contributed by atoms with Crippen LogP contribution in [0.3, 0.4) is 0 Å². The Morgan fingerprint density at radius 3 is 2.50 bits per heavy atom. The Hall–Kier alpha value is -1.10. The lowest BCUT2D eigenvalue weighted by Crippen LogP contribution is -2.34. The lowest BCUT2D eigenvalue weighted by atomic mass is 9.93. The smallest absolute Gasteiger partial charge is 0.307 e. The zero-order chi connectivity index (χ0) is 13.3. The maximum atomic E-state index is 13.5. The molecule has 2 unspecified atom stereocenters. The van der Waals surface area contributed by atoms with E-state index in [0.717, 1.165) is 31.4 Å². The number of benzene rings is 1. The first-order chi connectivity index (χ1) is 8.38. The van der Waals surface area contributed by atoms with E-state index in [-0.39, 0.29) is 6.04 Å². The molecule has 1 N–H and O–H groups in total. The van der Waals surface area contributed by atoms with Gasteiger partial charge in [0.1, 0.15) is 5.82 Å². The lowest BCUT2D eigenvalue weighted by molar-refractivity contribution is -0.140. The van der Waals surface area contributed by atoms with Gasteiger partial charge < -0.3 is 5.32 Å². The van der Waals surface area contributed by atoms with Crippen LogP contribution in [0.2, 0.25) is 0 Å². The van der Waals surface area contributed by atoms with Crippen LogP contribution >= 0.6 is 0 Å². The number of alkyl halides is 3. The number of piperidine rings is 1. The number of nitrogens with one attached hydrogen (secondary N) is 1. The van der Waals surface area contributed by atoms with Crippen LogP contribution in [0.1, 0.15) is 43.4 Å². The predicted octanol–water partition coefficient (Wildman–Crippen LogP) is 4.05. The fraction of sp³-hybridized carbons (Fsp3) is 0.538. The van der Waals surface area contributed by atoms with Crippen LogP contribution in [0, 0.1) is 5.82 Å². The molecule has 1 aromatic rings. The summed E-state index contributed by atoms with van der Waals surface area (Å²) in [6.07, 6.45) is -1.76. The molecule has 0 saturated carbocycles. The number of rotatable bonds is 1. The molecule has 0 radical (unpaired) electrons. The first kappa shape index (κ1) is 13.3. The molecule has 1 saturated heterocycles. The highest BCUT2D eigenvalue weighted by Crippen LogP contribution is 2.33. The van der Waals surface area contributed by atoms with Crippen LogP contribution in [-0.2, 0) is 6.18 Å². The minimum atomic E-state index is -4.63. The summed E-state index contributed by atoms with van der Waals surface area (Å²) in [5, 5.41) is 3.27. The summed E-state index contributed by atoms with van der Waals surface area (Å²) in [5.74, 6) is -1.19. The van der Waals surface area contributed by atoms with E-state index in [1.807, 2.05) is 6.92 Å². The van der Waals surface area contributed by atoms with Gasteiger partial charge in [-0.2, -0.15) is 13.2 Å². The van der Waals surface area contributed by atoms with Crippen LogP contribution in [0.15, 0.2) is 18.2 Å². The van der Waals surface area contributed by atoms with E-state index in [1.54, 1.807) is 0 Å². The molecule has 100 valence electrons. The molecule has 1 aliphatic heterocycles. The predicted molar refractivity (Wildman–Crippen MR) is 60.6 cm³/mol. The van der Waals surface area contributed by atoms with Gasteiger partial charge >= 0.3 is 6.18 Å². The van der Waals surface area contributed by atoms with E-state index in [9.17, 15) is 17.6 Å². The summed E-state index contributed by atoms with van der Waals surface area (Å²) in [4.78, 5) is 0. The zero-order valence-corrected chi connectivity index (χ0v) is 10.0. The van der Waals surface area contributed by atoms with Gasteiger partial charge in [-0.3, -0.25) is 0 Å². The summed E-state index contributed by atoms with van der Waals surface area (Å²) >= 11 is 0. The molecule has 1 aliphatic rings. The standard InChI is InChI=1S/C13H15F4N/c1-8-3-2-4-12(18-8)9-5-6-10(11(14)7-9)13(15,16)17/h5-8,12,18H,2-4H2,1H3. The van der Waals surface area contributed by atoms with E-state index in [2.05, 4.69) is 5.32 Å². The van der Waals surface area contributed by atoms with Gasteiger partial charge in [0.25, 0.3) is 0 Å². The Balaban J connectivity index is 2.23. The van der Waals surface area contributed by atoms with Gasteiger partial charge in [-0.05, 0) is 37.5 Å². The van der Waals surface area contributed by atoms with Gasteiger partial charge in [0.2, 0.25) is 0 Å². The Morgan fingerprint density at radius 1 is 1.22 bits per heavy atom. The van der Waals surface area contributed by atoms with Crippen molar-refractivity contribution in [3.8, 4) is 0 Å². The monoisotopic (exact) mass is 261 g/mol. The normalized spacial score (nSPS) is 25.2. The molecule has 1 heterocycles. The molecule has 1 aromatic carbocycles. The van der Waals surface area contributed by atoms with Crippen molar-refractivity contribution in [3.63, 3.8) is 0 Å². The SMILES string of the molecule is CC1CCCC(c2ccc(C(F)(F)F)c(F)c2)N1. The van der Waals surface area contributed by atoms with Gasteiger partial charge in [-0.1, -0.05) is 12.5 Å². The minimum absolute atomic E-state index is 0.0504.